The first-order valence-corrected chi connectivity index (χ1v) is 5.59. The number of nitrogens with one attached hydrogen (secondary N) is 1. The molecule has 0 aliphatic carbocycles. The van der Waals surface area contributed by atoms with Crippen LogP contribution in [0, 0.1) is 0 Å². The summed E-state index contributed by atoms with van der Waals surface area (Å²) >= 11 is 0. The van der Waals surface area contributed by atoms with E-state index in [1.54, 1.807) is 6.07 Å². The van der Waals surface area contributed by atoms with Gasteiger partial charge in [0.25, 0.3) is 0 Å². The van der Waals surface area contributed by atoms with Crippen LogP contribution >= 0.6 is 0 Å². The van der Waals surface area contributed by atoms with Gasteiger partial charge in [0, 0.05) is 18.7 Å². The fourth-order valence-corrected chi connectivity index (χ4v) is 1.75. The molecule has 1 aromatic carbocycles. The first kappa shape index (κ1) is 11.2. The van der Waals surface area contributed by atoms with Gasteiger partial charge in [-0.05, 0) is 18.1 Å². The minimum atomic E-state index is 0.351. The molecule has 0 radical (unpaired) electrons. The van der Waals surface area contributed by atoms with E-state index in [1.807, 2.05) is 18.2 Å². The van der Waals surface area contributed by atoms with Crippen molar-refractivity contribution in [3.05, 3.63) is 41.5 Å². The van der Waals surface area contributed by atoms with Crippen molar-refractivity contribution in [2.45, 2.75) is 13.0 Å². The van der Waals surface area contributed by atoms with Crippen molar-refractivity contribution >= 4 is 0 Å². The molecule has 2 rings (SSSR count). The van der Waals surface area contributed by atoms with E-state index in [-0.39, 0.29) is 0 Å². The predicted octanol–water partition coefficient (Wildman–Crippen LogP) is 1.83. The molecule has 0 aromatic heterocycles. The molecule has 0 bridgehead atoms. The molecular formula is C13H17NO2. The van der Waals surface area contributed by atoms with Gasteiger partial charge < -0.3 is 15.2 Å². The van der Waals surface area contributed by atoms with E-state index < -0.39 is 0 Å². The van der Waals surface area contributed by atoms with Gasteiger partial charge in [-0.25, -0.2) is 0 Å². The monoisotopic (exact) mass is 219 g/mol. The average Bonchev–Trinajstić information content (AvgIpc) is 2.33. The number of hydrogen-bond donors (Lipinski definition) is 2. The van der Waals surface area contributed by atoms with Gasteiger partial charge in [0.1, 0.15) is 5.75 Å². The Bertz CT molecular complexity index is 374. The van der Waals surface area contributed by atoms with Gasteiger partial charge in [0.05, 0.1) is 13.2 Å². The standard InChI is InChI=1S/C13H17NO2/c15-13-6-2-1-5-12(13)9-14-8-11-4-3-7-16-10-11/h1-2,4-6,14-15H,3,7-10H2. The summed E-state index contributed by atoms with van der Waals surface area (Å²) in [6.07, 6.45) is 3.23. The van der Waals surface area contributed by atoms with E-state index in [0.717, 1.165) is 31.7 Å². The molecule has 0 saturated carbocycles. The van der Waals surface area contributed by atoms with E-state index in [1.165, 1.54) is 5.57 Å². The third kappa shape index (κ3) is 3.08. The maximum atomic E-state index is 9.57. The number of aromatic hydroxyl groups is 1. The molecule has 1 aromatic rings. The van der Waals surface area contributed by atoms with E-state index in [0.29, 0.717) is 12.3 Å². The van der Waals surface area contributed by atoms with Crippen molar-refractivity contribution in [3.63, 3.8) is 0 Å². The molecule has 0 fully saturated rings. The zero-order valence-electron chi connectivity index (χ0n) is 9.28. The predicted molar refractivity (Wildman–Crippen MR) is 63.3 cm³/mol. The summed E-state index contributed by atoms with van der Waals surface area (Å²) in [5, 5.41) is 12.9. The molecular weight excluding hydrogens is 202 g/mol. The van der Waals surface area contributed by atoms with Gasteiger partial charge in [-0.3, -0.25) is 0 Å². The highest BCUT2D eigenvalue weighted by molar-refractivity contribution is 5.31. The van der Waals surface area contributed by atoms with Crippen LogP contribution in [0.4, 0.5) is 0 Å². The van der Waals surface area contributed by atoms with Crippen LogP contribution in [0.1, 0.15) is 12.0 Å². The lowest BCUT2D eigenvalue weighted by Crippen LogP contribution is -2.21. The Morgan fingerprint density at radius 2 is 2.12 bits per heavy atom. The second-order valence-electron chi connectivity index (χ2n) is 3.94. The summed E-state index contributed by atoms with van der Waals surface area (Å²) < 4.78 is 5.35. The number of ether oxygens (including phenoxy) is 1. The molecule has 1 aliphatic rings. The molecule has 86 valence electrons. The van der Waals surface area contributed by atoms with Crippen LogP contribution in [0.2, 0.25) is 0 Å². The van der Waals surface area contributed by atoms with E-state index in [4.69, 9.17) is 4.74 Å². The molecule has 0 unspecified atom stereocenters. The molecule has 1 heterocycles. The van der Waals surface area contributed by atoms with Crippen LogP contribution in [-0.2, 0) is 11.3 Å². The van der Waals surface area contributed by atoms with Crippen molar-refractivity contribution in [1.29, 1.82) is 0 Å². The van der Waals surface area contributed by atoms with Crippen molar-refractivity contribution < 1.29 is 9.84 Å². The fraction of sp³-hybridized carbons (Fsp3) is 0.385. The van der Waals surface area contributed by atoms with Gasteiger partial charge in [0.15, 0.2) is 0 Å². The van der Waals surface area contributed by atoms with Crippen LogP contribution in [0.25, 0.3) is 0 Å². The zero-order valence-corrected chi connectivity index (χ0v) is 9.28. The van der Waals surface area contributed by atoms with Crippen molar-refractivity contribution in [1.82, 2.24) is 5.32 Å². The van der Waals surface area contributed by atoms with Crippen molar-refractivity contribution in [2.24, 2.45) is 0 Å². The molecule has 0 amide bonds. The Morgan fingerprint density at radius 1 is 1.25 bits per heavy atom. The number of hydrogen-bond acceptors (Lipinski definition) is 3. The average molecular weight is 219 g/mol. The van der Waals surface area contributed by atoms with Crippen molar-refractivity contribution in [3.8, 4) is 5.75 Å². The minimum absolute atomic E-state index is 0.351. The van der Waals surface area contributed by atoms with Gasteiger partial charge in [-0.2, -0.15) is 0 Å². The molecule has 2 N–H and O–H groups in total. The highest BCUT2D eigenvalue weighted by atomic mass is 16.5. The molecule has 1 aliphatic heterocycles. The zero-order chi connectivity index (χ0) is 11.2. The second kappa shape index (κ2) is 5.68. The number of para-hydroxylation sites is 1. The second-order valence-corrected chi connectivity index (χ2v) is 3.94. The van der Waals surface area contributed by atoms with Crippen LogP contribution in [0.3, 0.4) is 0 Å². The summed E-state index contributed by atoms with van der Waals surface area (Å²) in [5.74, 6) is 0.351. The van der Waals surface area contributed by atoms with Crippen molar-refractivity contribution in [2.75, 3.05) is 19.8 Å². The molecule has 16 heavy (non-hydrogen) atoms. The quantitative estimate of drug-likeness (QED) is 0.759. The lowest BCUT2D eigenvalue weighted by atomic mass is 10.1. The lowest BCUT2D eigenvalue weighted by Gasteiger charge is -2.14. The van der Waals surface area contributed by atoms with E-state index >= 15 is 0 Å². The largest absolute Gasteiger partial charge is 0.508 e. The first-order valence-electron chi connectivity index (χ1n) is 5.59. The SMILES string of the molecule is Oc1ccccc1CNCC1=CCCOC1. The van der Waals surface area contributed by atoms with Crippen LogP contribution < -0.4 is 5.32 Å². The summed E-state index contributed by atoms with van der Waals surface area (Å²) in [4.78, 5) is 0. The maximum Gasteiger partial charge on any atom is 0.120 e. The molecule has 3 heteroatoms. The summed E-state index contributed by atoms with van der Waals surface area (Å²) in [5.41, 5.74) is 2.22. The fourth-order valence-electron chi connectivity index (χ4n) is 1.75. The number of phenols is 1. The Morgan fingerprint density at radius 3 is 2.88 bits per heavy atom. The van der Waals surface area contributed by atoms with E-state index in [9.17, 15) is 5.11 Å². The van der Waals surface area contributed by atoms with Gasteiger partial charge in [-0.1, -0.05) is 24.3 Å². The Kier molecular flexibility index (Phi) is 3.97. The van der Waals surface area contributed by atoms with Gasteiger partial charge in [-0.15, -0.1) is 0 Å². The third-order valence-corrected chi connectivity index (χ3v) is 2.64. The molecule has 0 spiro atoms. The normalized spacial score (nSPS) is 15.9. The van der Waals surface area contributed by atoms with Crippen LogP contribution in [-0.4, -0.2) is 24.9 Å². The number of rotatable bonds is 4. The first-order chi connectivity index (χ1) is 7.86. The summed E-state index contributed by atoms with van der Waals surface area (Å²) in [7, 11) is 0. The van der Waals surface area contributed by atoms with Gasteiger partial charge >= 0.3 is 0 Å². The summed E-state index contributed by atoms with van der Waals surface area (Å²) in [6, 6.07) is 7.39. The Labute approximate surface area is 95.7 Å². The molecule has 0 saturated heterocycles. The Hall–Kier alpha value is -1.32. The number of benzene rings is 1. The highest BCUT2D eigenvalue weighted by Gasteiger charge is 2.04. The topological polar surface area (TPSA) is 41.5 Å². The summed E-state index contributed by atoms with van der Waals surface area (Å²) in [6.45, 7) is 3.08. The van der Waals surface area contributed by atoms with Crippen LogP contribution in [0.5, 0.6) is 5.75 Å². The maximum absolute atomic E-state index is 9.57. The Balaban J connectivity index is 1.80. The number of phenolic OH excluding ortho intramolecular Hbond substituents is 1. The highest BCUT2D eigenvalue weighted by Crippen LogP contribution is 2.15. The van der Waals surface area contributed by atoms with Crippen LogP contribution in [0.15, 0.2) is 35.9 Å². The molecule has 3 nitrogen and oxygen atoms in total. The lowest BCUT2D eigenvalue weighted by molar-refractivity contribution is 0.148. The smallest absolute Gasteiger partial charge is 0.120 e. The minimum Gasteiger partial charge on any atom is -0.508 e. The third-order valence-electron chi connectivity index (χ3n) is 2.64. The van der Waals surface area contributed by atoms with Gasteiger partial charge in [0.2, 0.25) is 0 Å². The molecule has 0 atom stereocenters. The van der Waals surface area contributed by atoms with E-state index in [2.05, 4.69) is 11.4 Å².